The van der Waals surface area contributed by atoms with Gasteiger partial charge in [0.25, 0.3) is 0 Å². The van der Waals surface area contributed by atoms with Crippen molar-refractivity contribution < 1.29 is 9.13 Å². The summed E-state index contributed by atoms with van der Waals surface area (Å²) in [7, 11) is 1.53. The molecule has 3 aromatic rings. The van der Waals surface area contributed by atoms with Crippen molar-refractivity contribution >= 4 is 32.9 Å². The van der Waals surface area contributed by atoms with Crippen molar-refractivity contribution in [2.75, 3.05) is 12.8 Å². The summed E-state index contributed by atoms with van der Waals surface area (Å²) in [6.45, 7) is 0. The number of ether oxygens (including phenoxy) is 1. The van der Waals surface area contributed by atoms with Crippen molar-refractivity contribution in [2.24, 2.45) is 0 Å². The van der Waals surface area contributed by atoms with Crippen LogP contribution in [-0.2, 0) is 0 Å². The largest absolute Gasteiger partial charge is 0.497 e. The molecule has 0 spiro atoms. The Morgan fingerprint density at radius 3 is 2.80 bits per heavy atom. The Labute approximate surface area is 123 Å². The Morgan fingerprint density at radius 1 is 1.25 bits per heavy atom. The molecule has 2 aromatic carbocycles. The van der Waals surface area contributed by atoms with E-state index >= 15 is 0 Å². The minimum atomic E-state index is -0.392. The third-order valence-corrected chi connectivity index (χ3v) is 3.53. The highest BCUT2D eigenvalue weighted by molar-refractivity contribution is 9.10. The zero-order valence-electron chi connectivity index (χ0n) is 10.6. The van der Waals surface area contributed by atoms with Gasteiger partial charge in [0.2, 0.25) is 5.95 Å². The standard InChI is InChI=1S/C14H11BrFN3O/c1-20-9-3-4-10(16)12(7-9)19-13-6-8(15)2-5-11(13)18-14(19)17/h2-7H,1H3,(H2,17,18). The molecule has 102 valence electrons. The molecule has 0 atom stereocenters. The minimum absolute atomic E-state index is 0.227. The lowest BCUT2D eigenvalue weighted by Crippen LogP contribution is -2.03. The van der Waals surface area contributed by atoms with E-state index in [0.717, 1.165) is 9.99 Å². The molecule has 0 aliphatic carbocycles. The second-order valence-corrected chi connectivity index (χ2v) is 5.17. The molecule has 1 aromatic heterocycles. The summed E-state index contributed by atoms with van der Waals surface area (Å²) in [5, 5.41) is 0. The number of anilines is 1. The van der Waals surface area contributed by atoms with E-state index < -0.39 is 5.82 Å². The Morgan fingerprint density at radius 2 is 2.05 bits per heavy atom. The highest BCUT2D eigenvalue weighted by Crippen LogP contribution is 2.29. The van der Waals surface area contributed by atoms with Crippen LogP contribution in [0.1, 0.15) is 0 Å². The molecule has 0 fully saturated rings. The number of rotatable bonds is 2. The lowest BCUT2D eigenvalue weighted by atomic mass is 10.2. The number of nitrogens with zero attached hydrogens (tertiary/aromatic N) is 2. The number of fused-ring (bicyclic) bond motifs is 1. The first-order valence-electron chi connectivity index (χ1n) is 5.87. The average Bonchev–Trinajstić information content (AvgIpc) is 2.75. The SMILES string of the molecule is COc1ccc(F)c(-n2c(N)nc3ccc(Br)cc32)c1. The van der Waals surface area contributed by atoms with E-state index in [4.69, 9.17) is 10.5 Å². The van der Waals surface area contributed by atoms with Crippen LogP contribution < -0.4 is 10.5 Å². The van der Waals surface area contributed by atoms with Gasteiger partial charge in [0, 0.05) is 10.5 Å². The Balaban J connectivity index is 2.34. The van der Waals surface area contributed by atoms with E-state index in [-0.39, 0.29) is 5.95 Å². The predicted octanol–water partition coefficient (Wildman–Crippen LogP) is 3.52. The van der Waals surface area contributed by atoms with Gasteiger partial charge in [-0.3, -0.25) is 4.57 Å². The van der Waals surface area contributed by atoms with Gasteiger partial charge in [-0.2, -0.15) is 0 Å². The monoisotopic (exact) mass is 335 g/mol. The van der Waals surface area contributed by atoms with E-state index in [1.807, 2.05) is 18.2 Å². The van der Waals surface area contributed by atoms with Crippen LogP contribution >= 0.6 is 15.9 Å². The zero-order valence-corrected chi connectivity index (χ0v) is 12.2. The van der Waals surface area contributed by atoms with Crippen molar-refractivity contribution in [3.63, 3.8) is 0 Å². The maximum atomic E-state index is 14.1. The second kappa shape index (κ2) is 4.79. The summed E-state index contributed by atoms with van der Waals surface area (Å²) in [5.74, 6) is 0.389. The second-order valence-electron chi connectivity index (χ2n) is 4.26. The summed E-state index contributed by atoms with van der Waals surface area (Å²) in [5.41, 5.74) is 7.66. The van der Waals surface area contributed by atoms with Gasteiger partial charge >= 0.3 is 0 Å². The smallest absolute Gasteiger partial charge is 0.206 e. The van der Waals surface area contributed by atoms with Gasteiger partial charge in [-0.15, -0.1) is 0 Å². The van der Waals surface area contributed by atoms with Crippen molar-refractivity contribution in [2.45, 2.75) is 0 Å². The third kappa shape index (κ3) is 2.02. The van der Waals surface area contributed by atoms with E-state index in [1.54, 1.807) is 16.7 Å². The molecule has 4 nitrogen and oxygen atoms in total. The Hall–Kier alpha value is -2.08. The molecule has 0 saturated carbocycles. The fraction of sp³-hybridized carbons (Fsp3) is 0.0714. The number of benzene rings is 2. The average molecular weight is 336 g/mol. The van der Waals surface area contributed by atoms with E-state index in [0.29, 0.717) is 17.0 Å². The maximum absolute atomic E-state index is 14.1. The normalized spacial score (nSPS) is 10.9. The van der Waals surface area contributed by atoms with Gasteiger partial charge in [-0.05, 0) is 30.3 Å². The molecule has 0 radical (unpaired) electrons. The van der Waals surface area contributed by atoms with Crippen LogP contribution in [0.2, 0.25) is 0 Å². The molecule has 0 amide bonds. The van der Waals surface area contributed by atoms with E-state index in [2.05, 4.69) is 20.9 Å². The number of methoxy groups -OCH3 is 1. The van der Waals surface area contributed by atoms with Gasteiger partial charge in [0.15, 0.2) is 0 Å². The van der Waals surface area contributed by atoms with E-state index in [1.165, 1.54) is 13.2 Å². The van der Waals surface area contributed by atoms with E-state index in [9.17, 15) is 4.39 Å². The molecular formula is C14H11BrFN3O. The topological polar surface area (TPSA) is 53.1 Å². The first-order chi connectivity index (χ1) is 9.60. The number of hydrogen-bond acceptors (Lipinski definition) is 3. The Bertz CT molecular complexity index is 800. The first-order valence-corrected chi connectivity index (χ1v) is 6.67. The van der Waals surface area contributed by atoms with Crippen LogP contribution in [0.3, 0.4) is 0 Å². The number of halogens is 2. The molecule has 0 aliphatic rings. The summed E-state index contributed by atoms with van der Waals surface area (Å²) < 4.78 is 21.7. The van der Waals surface area contributed by atoms with Crippen LogP contribution in [0.5, 0.6) is 5.75 Å². The van der Waals surface area contributed by atoms with Gasteiger partial charge in [-0.1, -0.05) is 15.9 Å². The fourth-order valence-corrected chi connectivity index (χ4v) is 2.46. The van der Waals surface area contributed by atoms with Crippen molar-refractivity contribution in [3.8, 4) is 11.4 Å². The molecule has 0 bridgehead atoms. The van der Waals surface area contributed by atoms with Crippen LogP contribution in [0.15, 0.2) is 40.9 Å². The molecular weight excluding hydrogens is 325 g/mol. The first kappa shape index (κ1) is 12.9. The van der Waals surface area contributed by atoms with Crippen molar-refractivity contribution in [1.29, 1.82) is 0 Å². The molecule has 0 aliphatic heterocycles. The van der Waals surface area contributed by atoms with Gasteiger partial charge < -0.3 is 10.5 Å². The maximum Gasteiger partial charge on any atom is 0.206 e. The summed E-state index contributed by atoms with van der Waals surface area (Å²) in [6.07, 6.45) is 0. The van der Waals surface area contributed by atoms with Crippen molar-refractivity contribution in [1.82, 2.24) is 9.55 Å². The lowest BCUT2D eigenvalue weighted by Gasteiger charge is -2.09. The zero-order chi connectivity index (χ0) is 14.3. The Kier molecular flexibility index (Phi) is 3.10. The highest BCUT2D eigenvalue weighted by atomic mass is 79.9. The quantitative estimate of drug-likeness (QED) is 0.779. The molecule has 1 heterocycles. The summed E-state index contributed by atoms with van der Waals surface area (Å²) in [4.78, 5) is 4.24. The lowest BCUT2D eigenvalue weighted by molar-refractivity contribution is 0.413. The fourth-order valence-electron chi connectivity index (χ4n) is 2.11. The predicted molar refractivity (Wildman–Crippen MR) is 79.7 cm³/mol. The molecule has 0 unspecified atom stereocenters. The molecule has 2 N–H and O–H groups in total. The third-order valence-electron chi connectivity index (χ3n) is 3.04. The number of imidazole rings is 1. The van der Waals surface area contributed by atoms with Gasteiger partial charge in [0.1, 0.15) is 11.6 Å². The number of nitrogens with two attached hydrogens (primary N) is 1. The number of nitrogen functional groups attached to an aromatic ring is 1. The van der Waals surface area contributed by atoms with Crippen molar-refractivity contribution in [3.05, 3.63) is 46.7 Å². The van der Waals surface area contributed by atoms with Crippen LogP contribution in [0.4, 0.5) is 10.3 Å². The summed E-state index contributed by atoms with van der Waals surface area (Å²) >= 11 is 3.39. The molecule has 3 rings (SSSR count). The minimum Gasteiger partial charge on any atom is -0.497 e. The van der Waals surface area contributed by atoms with Crippen LogP contribution in [0, 0.1) is 5.82 Å². The van der Waals surface area contributed by atoms with Crippen LogP contribution in [-0.4, -0.2) is 16.7 Å². The highest BCUT2D eigenvalue weighted by Gasteiger charge is 2.14. The number of aromatic nitrogens is 2. The number of hydrogen-bond donors (Lipinski definition) is 1. The molecule has 20 heavy (non-hydrogen) atoms. The van der Waals surface area contributed by atoms with Crippen LogP contribution in [0.25, 0.3) is 16.7 Å². The van der Waals surface area contributed by atoms with Gasteiger partial charge in [0.05, 0.1) is 23.8 Å². The molecule has 6 heteroatoms. The van der Waals surface area contributed by atoms with Gasteiger partial charge in [-0.25, -0.2) is 9.37 Å². The molecule has 0 saturated heterocycles. The summed E-state index contributed by atoms with van der Waals surface area (Å²) in [6, 6.07) is 10.0.